The minimum atomic E-state index is -1.09. The molecule has 2 aromatic rings. The van der Waals surface area contributed by atoms with Crippen molar-refractivity contribution < 1.29 is 14.4 Å². The summed E-state index contributed by atoms with van der Waals surface area (Å²) in [7, 11) is 0. The molecule has 178 valence electrons. The van der Waals surface area contributed by atoms with E-state index in [2.05, 4.69) is 28.5 Å². The first-order valence-electron chi connectivity index (χ1n) is 12.1. The lowest BCUT2D eigenvalue weighted by Crippen LogP contribution is -2.49. The van der Waals surface area contributed by atoms with E-state index in [0.29, 0.717) is 36.6 Å². The third kappa shape index (κ3) is 3.81. The number of hydrogen-bond acceptors (Lipinski definition) is 5. The van der Waals surface area contributed by atoms with Gasteiger partial charge in [-0.1, -0.05) is 25.1 Å². The Morgan fingerprint density at radius 2 is 1.82 bits per heavy atom. The molecule has 8 nitrogen and oxygen atoms in total. The number of amides is 4. The summed E-state index contributed by atoms with van der Waals surface area (Å²) in [6, 6.07) is 7.16. The summed E-state index contributed by atoms with van der Waals surface area (Å²) in [5.41, 5.74) is 3.55. The van der Waals surface area contributed by atoms with Crippen LogP contribution in [0.3, 0.4) is 0 Å². The van der Waals surface area contributed by atoms with Gasteiger partial charge in [0.2, 0.25) is 0 Å². The SMILES string of the molecule is CC[C@@]1(c2ccc(C(=O)N3CCN(c4ncc(C5CC5)cc4C)CC3)c(C)c2)NC(=O)NC1=O. The Balaban J connectivity index is 1.28. The number of anilines is 1. The number of nitrogens with zero attached hydrogens (tertiary/aromatic N) is 3. The average Bonchev–Trinajstić information content (AvgIpc) is 3.63. The zero-order valence-corrected chi connectivity index (χ0v) is 20.0. The van der Waals surface area contributed by atoms with E-state index in [0.717, 1.165) is 24.5 Å². The number of carbonyl (C=O) groups is 3. The van der Waals surface area contributed by atoms with Gasteiger partial charge < -0.3 is 15.1 Å². The maximum Gasteiger partial charge on any atom is 0.322 e. The number of hydrogen-bond donors (Lipinski definition) is 2. The molecule has 34 heavy (non-hydrogen) atoms. The molecule has 3 aliphatic rings. The predicted molar refractivity (Wildman–Crippen MR) is 129 cm³/mol. The fourth-order valence-corrected chi connectivity index (χ4v) is 5.17. The van der Waals surface area contributed by atoms with Gasteiger partial charge >= 0.3 is 6.03 Å². The number of urea groups is 1. The van der Waals surface area contributed by atoms with Crippen molar-refractivity contribution in [1.82, 2.24) is 20.5 Å². The van der Waals surface area contributed by atoms with Gasteiger partial charge in [0.25, 0.3) is 11.8 Å². The zero-order valence-electron chi connectivity index (χ0n) is 20.0. The van der Waals surface area contributed by atoms with E-state index >= 15 is 0 Å². The number of aryl methyl sites for hydroxylation is 2. The maximum atomic E-state index is 13.3. The second-order valence-corrected chi connectivity index (χ2v) is 9.66. The Hall–Kier alpha value is -3.42. The van der Waals surface area contributed by atoms with E-state index < -0.39 is 11.6 Å². The van der Waals surface area contributed by atoms with Gasteiger partial charge in [-0.3, -0.25) is 14.9 Å². The van der Waals surface area contributed by atoms with Crippen LogP contribution in [0.1, 0.15) is 64.7 Å². The molecule has 1 aromatic heterocycles. The number of pyridine rings is 1. The molecule has 0 bridgehead atoms. The summed E-state index contributed by atoms with van der Waals surface area (Å²) in [4.78, 5) is 46.4. The van der Waals surface area contributed by atoms with Gasteiger partial charge in [-0.2, -0.15) is 0 Å². The van der Waals surface area contributed by atoms with Crippen molar-refractivity contribution in [3.05, 3.63) is 58.3 Å². The normalized spacial score (nSPS) is 22.6. The third-order valence-corrected chi connectivity index (χ3v) is 7.41. The highest BCUT2D eigenvalue weighted by Gasteiger charge is 2.46. The van der Waals surface area contributed by atoms with Crippen molar-refractivity contribution in [3.63, 3.8) is 0 Å². The van der Waals surface area contributed by atoms with Gasteiger partial charge in [0.1, 0.15) is 11.4 Å². The standard InChI is InChI=1S/C26H31N5O3/c1-4-26(24(33)28-25(34)29-26)20-7-8-21(16(2)14-20)23(32)31-11-9-30(10-12-31)22-17(3)13-19(15-27-22)18-5-6-18/h7-8,13-15,18H,4-6,9-12H2,1-3H3,(H2,28,29,33,34)/t26-/m0/s1. The van der Waals surface area contributed by atoms with Gasteiger partial charge in [-0.15, -0.1) is 0 Å². The molecule has 1 aliphatic carbocycles. The lowest BCUT2D eigenvalue weighted by molar-refractivity contribution is -0.124. The smallest absolute Gasteiger partial charge is 0.322 e. The molecular formula is C26H31N5O3. The Kier molecular flexibility index (Phi) is 5.54. The molecule has 1 saturated carbocycles. The highest BCUT2D eigenvalue weighted by molar-refractivity contribution is 6.07. The van der Waals surface area contributed by atoms with E-state index in [1.807, 2.05) is 31.0 Å². The highest BCUT2D eigenvalue weighted by Crippen LogP contribution is 2.40. The quantitative estimate of drug-likeness (QED) is 0.668. The molecule has 4 amide bonds. The molecule has 1 atom stereocenters. The molecule has 3 fully saturated rings. The summed E-state index contributed by atoms with van der Waals surface area (Å²) in [5, 5.41) is 5.08. The minimum Gasteiger partial charge on any atom is -0.353 e. The molecule has 1 aromatic carbocycles. The number of imide groups is 1. The van der Waals surface area contributed by atoms with Gasteiger partial charge in [0.05, 0.1) is 0 Å². The topological polar surface area (TPSA) is 94.6 Å². The molecule has 0 radical (unpaired) electrons. The van der Waals surface area contributed by atoms with Crippen LogP contribution >= 0.6 is 0 Å². The second kappa shape index (κ2) is 8.42. The molecule has 2 saturated heterocycles. The second-order valence-electron chi connectivity index (χ2n) is 9.66. The van der Waals surface area contributed by atoms with Crippen LogP contribution in [0.2, 0.25) is 0 Å². The first-order valence-corrected chi connectivity index (χ1v) is 12.1. The number of benzene rings is 1. The Morgan fingerprint density at radius 1 is 1.09 bits per heavy atom. The monoisotopic (exact) mass is 461 g/mol. The van der Waals surface area contributed by atoms with Crippen LogP contribution in [-0.4, -0.2) is 53.9 Å². The summed E-state index contributed by atoms with van der Waals surface area (Å²) >= 11 is 0. The summed E-state index contributed by atoms with van der Waals surface area (Å²) in [6.45, 7) is 8.59. The average molecular weight is 462 g/mol. The Labute approximate surface area is 199 Å². The molecule has 8 heteroatoms. The Morgan fingerprint density at radius 3 is 2.38 bits per heavy atom. The van der Waals surface area contributed by atoms with Crippen molar-refractivity contribution in [2.75, 3.05) is 31.1 Å². The van der Waals surface area contributed by atoms with Crippen LogP contribution in [-0.2, 0) is 10.3 Å². The van der Waals surface area contributed by atoms with Crippen molar-refractivity contribution in [2.24, 2.45) is 0 Å². The fourth-order valence-electron chi connectivity index (χ4n) is 5.17. The molecule has 5 rings (SSSR count). The number of aromatic nitrogens is 1. The number of piperazine rings is 1. The summed E-state index contributed by atoms with van der Waals surface area (Å²) in [5.74, 6) is 1.33. The third-order valence-electron chi connectivity index (χ3n) is 7.41. The molecular weight excluding hydrogens is 430 g/mol. The van der Waals surface area contributed by atoms with Crippen LogP contribution in [0.25, 0.3) is 0 Å². The lowest BCUT2D eigenvalue weighted by Gasteiger charge is -2.36. The van der Waals surface area contributed by atoms with E-state index in [-0.39, 0.29) is 11.8 Å². The molecule has 2 aliphatic heterocycles. The maximum absolute atomic E-state index is 13.3. The van der Waals surface area contributed by atoms with Crippen LogP contribution in [0.4, 0.5) is 10.6 Å². The van der Waals surface area contributed by atoms with Crippen LogP contribution < -0.4 is 15.5 Å². The lowest BCUT2D eigenvalue weighted by atomic mass is 9.85. The van der Waals surface area contributed by atoms with Crippen molar-refractivity contribution >= 4 is 23.7 Å². The van der Waals surface area contributed by atoms with E-state index in [1.54, 1.807) is 12.1 Å². The van der Waals surface area contributed by atoms with E-state index in [1.165, 1.54) is 24.0 Å². The molecule has 2 N–H and O–H groups in total. The van der Waals surface area contributed by atoms with Gasteiger partial charge in [0.15, 0.2) is 0 Å². The highest BCUT2D eigenvalue weighted by atomic mass is 16.2. The van der Waals surface area contributed by atoms with Crippen molar-refractivity contribution in [1.29, 1.82) is 0 Å². The van der Waals surface area contributed by atoms with Crippen LogP contribution in [0.15, 0.2) is 30.5 Å². The molecule has 3 heterocycles. The van der Waals surface area contributed by atoms with Crippen LogP contribution in [0.5, 0.6) is 0 Å². The van der Waals surface area contributed by atoms with Crippen LogP contribution in [0, 0.1) is 13.8 Å². The van der Waals surface area contributed by atoms with E-state index in [4.69, 9.17) is 4.98 Å². The van der Waals surface area contributed by atoms with Crippen molar-refractivity contribution in [2.45, 2.75) is 51.5 Å². The first-order chi connectivity index (χ1) is 16.3. The van der Waals surface area contributed by atoms with Crippen molar-refractivity contribution in [3.8, 4) is 0 Å². The Bertz CT molecular complexity index is 1170. The minimum absolute atomic E-state index is 0.0112. The van der Waals surface area contributed by atoms with Gasteiger partial charge in [-0.25, -0.2) is 9.78 Å². The summed E-state index contributed by atoms with van der Waals surface area (Å²) in [6.07, 6.45) is 4.97. The number of nitrogens with one attached hydrogen (secondary N) is 2. The molecule has 0 spiro atoms. The summed E-state index contributed by atoms with van der Waals surface area (Å²) < 4.78 is 0. The van der Waals surface area contributed by atoms with Gasteiger partial charge in [0, 0.05) is 37.9 Å². The van der Waals surface area contributed by atoms with Gasteiger partial charge in [-0.05, 0) is 67.3 Å². The zero-order chi connectivity index (χ0) is 24.0. The number of rotatable bonds is 5. The predicted octanol–water partition coefficient (Wildman–Crippen LogP) is 2.98. The molecule has 0 unspecified atom stereocenters. The van der Waals surface area contributed by atoms with E-state index in [9.17, 15) is 14.4 Å². The first kappa shape index (κ1) is 22.4. The number of carbonyl (C=O) groups excluding carboxylic acids is 3. The fraction of sp³-hybridized carbons (Fsp3) is 0.462. The largest absolute Gasteiger partial charge is 0.353 e.